The molecular formula is C26H24N6O4S. The molecule has 188 valence electrons. The first kappa shape index (κ1) is 25.6. The molecule has 0 saturated heterocycles. The minimum Gasteiger partial charge on any atom is -0.497 e. The number of nitrogens with zero attached hydrogens (tertiary/aromatic N) is 5. The fourth-order valence-electron chi connectivity index (χ4n) is 3.43. The van der Waals surface area contributed by atoms with Gasteiger partial charge in [-0.25, -0.2) is 5.43 Å². The first-order valence-corrected chi connectivity index (χ1v) is 12.2. The molecule has 0 aliphatic rings. The molecule has 1 amide bonds. The van der Waals surface area contributed by atoms with Crippen LogP contribution < -0.4 is 10.2 Å². The number of nitrogens with one attached hydrogen (secondary N) is 1. The minimum absolute atomic E-state index is 0.0356. The Morgan fingerprint density at radius 1 is 1.11 bits per heavy atom. The molecule has 37 heavy (non-hydrogen) atoms. The van der Waals surface area contributed by atoms with Crippen LogP contribution in [-0.4, -0.2) is 44.2 Å². The topological polar surface area (TPSA) is 125 Å². The molecule has 3 aromatic carbocycles. The van der Waals surface area contributed by atoms with Crippen LogP contribution in [0.2, 0.25) is 0 Å². The second-order valence-electron chi connectivity index (χ2n) is 8.03. The Balaban J connectivity index is 1.52. The second kappa shape index (κ2) is 11.5. The van der Waals surface area contributed by atoms with Crippen molar-refractivity contribution in [3.05, 3.63) is 94.0 Å². The number of benzene rings is 3. The first-order chi connectivity index (χ1) is 17.9. The molecule has 1 aromatic heterocycles. The summed E-state index contributed by atoms with van der Waals surface area (Å²) in [5.41, 5.74) is 6.30. The van der Waals surface area contributed by atoms with Gasteiger partial charge in [0.05, 0.1) is 23.5 Å². The summed E-state index contributed by atoms with van der Waals surface area (Å²) in [5, 5.41) is 24.4. The predicted molar refractivity (Wildman–Crippen MR) is 142 cm³/mol. The summed E-state index contributed by atoms with van der Waals surface area (Å²) in [6.45, 7) is 3.68. The van der Waals surface area contributed by atoms with Gasteiger partial charge in [0.2, 0.25) is 0 Å². The van der Waals surface area contributed by atoms with Crippen molar-refractivity contribution in [3.8, 4) is 22.8 Å². The van der Waals surface area contributed by atoms with E-state index in [-0.39, 0.29) is 17.3 Å². The largest absolute Gasteiger partial charge is 0.497 e. The van der Waals surface area contributed by atoms with Gasteiger partial charge in [-0.3, -0.25) is 19.5 Å². The van der Waals surface area contributed by atoms with Gasteiger partial charge in [-0.15, -0.1) is 10.2 Å². The highest BCUT2D eigenvalue weighted by molar-refractivity contribution is 7.99. The molecular weight excluding hydrogens is 492 g/mol. The summed E-state index contributed by atoms with van der Waals surface area (Å²) in [6.07, 6.45) is 0. The Hall–Kier alpha value is -4.51. The van der Waals surface area contributed by atoms with Gasteiger partial charge in [0.15, 0.2) is 11.0 Å². The summed E-state index contributed by atoms with van der Waals surface area (Å²) < 4.78 is 7.16. The number of thioether (sulfide) groups is 1. The van der Waals surface area contributed by atoms with Gasteiger partial charge in [-0.1, -0.05) is 53.7 Å². The van der Waals surface area contributed by atoms with E-state index >= 15 is 0 Å². The highest BCUT2D eigenvalue weighted by Gasteiger charge is 2.17. The number of nitro benzene ring substituents is 1. The number of methoxy groups -OCH3 is 1. The van der Waals surface area contributed by atoms with Gasteiger partial charge in [0.25, 0.3) is 11.6 Å². The van der Waals surface area contributed by atoms with Gasteiger partial charge in [0.1, 0.15) is 5.75 Å². The average molecular weight is 517 g/mol. The molecule has 10 nitrogen and oxygen atoms in total. The zero-order chi connectivity index (χ0) is 26.4. The molecule has 4 aromatic rings. The Morgan fingerprint density at radius 2 is 1.84 bits per heavy atom. The molecule has 0 radical (unpaired) electrons. The summed E-state index contributed by atoms with van der Waals surface area (Å²) >= 11 is 1.22. The van der Waals surface area contributed by atoms with E-state index in [2.05, 4.69) is 20.7 Å². The summed E-state index contributed by atoms with van der Waals surface area (Å²) in [6, 6.07) is 21.5. The molecule has 0 aliphatic heterocycles. The molecule has 0 unspecified atom stereocenters. The number of aromatic nitrogens is 3. The third-order valence-corrected chi connectivity index (χ3v) is 6.36. The van der Waals surface area contributed by atoms with Crippen LogP contribution in [-0.2, 0) is 4.79 Å². The number of hydrogen-bond acceptors (Lipinski definition) is 8. The number of hydrazone groups is 1. The summed E-state index contributed by atoms with van der Waals surface area (Å²) in [5.74, 6) is 1.05. The molecule has 11 heteroatoms. The number of hydrogen-bond donors (Lipinski definition) is 1. The molecule has 0 atom stereocenters. The molecule has 0 spiro atoms. The van der Waals surface area contributed by atoms with Crippen molar-refractivity contribution in [3.63, 3.8) is 0 Å². The Labute approximate surface area is 217 Å². The maximum absolute atomic E-state index is 12.6. The van der Waals surface area contributed by atoms with Crippen molar-refractivity contribution in [2.45, 2.75) is 19.0 Å². The van der Waals surface area contributed by atoms with Crippen LogP contribution in [0, 0.1) is 17.0 Å². The van der Waals surface area contributed by atoms with E-state index in [1.807, 2.05) is 60.0 Å². The SMILES string of the molecule is COc1ccc(-n2c(SCC(=O)N/N=C(/C)c3cccc([N+](=O)[O-])c3)nnc2-c2ccc(C)cc2)cc1. The Bertz CT molecular complexity index is 1450. The van der Waals surface area contributed by atoms with E-state index in [1.165, 1.54) is 23.9 Å². The van der Waals surface area contributed by atoms with Crippen molar-refractivity contribution in [2.75, 3.05) is 12.9 Å². The third kappa shape index (κ3) is 6.19. The maximum Gasteiger partial charge on any atom is 0.270 e. The number of rotatable bonds is 9. The Morgan fingerprint density at radius 3 is 2.51 bits per heavy atom. The van der Waals surface area contributed by atoms with E-state index in [0.29, 0.717) is 22.3 Å². The highest BCUT2D eigenvalue weighted by Crippen LogP contribution is 2.29. The maximum atomic E-state index is 12.6. The van der Waals surface area contributed by atoms with Crippen molar-refractivity contribution >= 4 is 29.1 Å². The number of nitro groups is 1. The van der Waals surface area contributed by atoms with Crippen molar-refractivity contribution in [2.24, 2.45) is 5.10 Å². The van der Waals surface area contributed by atoms with Crippen molar-refractivity contribution in [1.29, 1.82) is 0 Å². The standard InChI is InChI=1S/C26H24N6O4S/c1-17-7-9-19(10-8-17)25-29-30-26(31(25)21-11-13-23(36-3)14-12-21)37-16-24(33)28-27-18(2)20-5-4-6-22(15-20)32(34)35/h4-15H,16H2,1-3H3,(H,28,33)/b27-18-. The number of carbonyl (C=O) groups excluding carboxylic acids is 1. The predicted octanol–water partition coefficient (Wildman–Crippen LogP) is 4.79. The molecule has 4 rings (SSSR count). The van der Waals surface area contributed by atoms with Crippen LogP contribution in [0.15, 0.2) is 83.1 Å². The van der Waals surface area contributed by atoms with E-state index in [4.69, 9.17) is 4.74 Å². The summed E-state index contributed by atoms with van der Waals surface area (Å²) in [4.78, 5) is 23.1. The Kier molecular flexibility index (Phi) is 7.94. The van der Waals surface area contributed by atoms with Crippen LogP contribution >= 0.6 is 11.8 Å². The van der Waals surface area contributed by atoms with Gasteiger partial charge in [-0.2, -0.15) is 5.10 Å². The number of ether oxygens (including phenoxy) is 1. The lowest BCUT2D eigenvalue weighted by atomic mass is 10.1. The second-order valence-corrected chi connectivity index (χ2v) is 8.98. The van der Waals surface area contributed by atoms with Crippen LogP contribution in [0.5, 0.6) is 5.75 Å². The normalized spacial score (nSPS) is 11.3. The molecule has 0 aliphatic carbocycles. The van der Waals surface area contributed by atoms with Gasteiger partial charge < -0.3 is 4.74 Å². The van der Waals surface area contributed by atoms with Crippen molar-refractivity contribution in [1.82, 2.24) is 20.2 Å². The number of amides is 1. The fourth-order valence-corrected chi connectivity index (χ4v) is 4.18. The monoisotopic (exact) mass is 516 g/mol. The van der Waals surface area contributed by atoms with E-state index in [1.54, 1.807) is 26.2 Å². The molecule has 0 bridgehead atoms. The fraction of sp³-hybridized carbons (Fsp3) is 0.154. The average Bonchev–Trinajstić information content (AvgIpc) is 3.35. The van der Waals surface area contributed by atoms with Crippen LogP contribution in [0.25, 0.3) is 17.1 Å². The smallest absolute Gasteiger partial charge is 0.270 e. The van der Waals surface area contributed by atoms with Crippen LogP contribution in [0.1, 0.15) is 18.1 Å². The minimum atomic E-state index is -0.476. The van der Waals surface area contributed by atoms with Crippen LogP contribution in [0.3, 0.4) is 0 Å². The van der Waals surface area contributed by atoms with Gasteiger partial charge >= 0.3 is 0 Å². The van der Waals surface area contributed by atoms with Gasteiger partial charge in [0, 0.05) is 28.9 Å². The molecule has 1 N–H and O–H groups in total. The number of aryl methyl sites for hydroxylation is 1. The number of non-ortho nitro benzene ring substituents is 1. The van der Waals surface area contributed by atoms with E-state index < -0.39 is 4.92 Å². The van der Waals surface area contributed by atoms with Crippen molar-refractivity contribution < 1.29 is 14.5 Å². The lowest BCUT2D eigenvalue weighted by Crippen LogP contribution is -2.21. The number of carbonyl (C=O) groups is 1. The summed E-state index contributed by atoms with van der Waals surface area (Å²) in [7, 11) is 1.61. The highest BCUT2D eigenvalue weighted by atomic mass is 32.2. The van der Waals surface area contributed by atoms with Crippen LogP contribution in [0.4, 0.5) is 5.69 Å². The zero-order valence-electron chi connectivity index (χ0n) is 20.4. The molecule has 0 fully saturated rings. The lowest BCUT2D eigenvalue weighted by Gasteiger charge is -2.11. The van der Waals surface area contributed by atoms with Gasteiger partial charge in [-0.05, 0) is 38.1 Å². The molecule has 0 saturated carbocycles. The van der Waals surface area contributed by atoms with E-state index in [0.717, 1.165) is 22.6 Å². The zero-order valence-corrected chi connectivity index (χ0v) is 21.2. The van der Waals surface area contributed by atoms with E-state index in [9.17, 15) is 14.9 Å². The third-order valence-electron chi connectivity index (χ3n) is 5.43. The quantitative estimate of drug-likeness (QED) is 0.147. The molecule has 1 heterocycles. The first-order valence-electron chi connectivity index (χ1n) is 11.2. The lowest BCUT2D eigenvalue weighted by molar-refractivity contribution is -0.384.